The predicted molar refractivity (Wildman–Crippen MR) is 108 cm³/mol. The number of amides is 2. The minimum Gasteiger partial charge on any atom is -0.494 e. The van der Waals surface area contributed by atoms with Crippen molar-refractivity contribution in [2.45, 2.75) is 18.6 Å². The maximum Gasteiger partial charge on any atom is 0.247 e. The maximum absolute atomic E-state index is 12.8. The number of imide groups is 1. The summed E-state index contributed by atoms with van der Waals surface area (Å²) in [4.78, 5) is 30.8. The van der Waals surface area contributed by atoms with Crippen LogP contribution in [-0.4, -0.2) is 28.8 Å². The molecule has 1 atom stereocenters. The zero-order valence-electron chi connectivity index (χ0n) is 15.2. The largest absolute Gasteiger partial charge is 0.494 e. The number of hydrogen-bond donors (Lipinski definition) is 1. The van der Waals surface area contributed by atoms with Crippen molar-refractivity contribution < 1.29 is 14.3 Å². The number of para-hydroxylation sites is 1. The molecule has 0 unspecified atom stereocenters. The lowest BCUT2D eigenvalue weighted by Gasteiger charge is -2.15. The summed E-state index contributed by atoms with van der Waals surface area (Å²) in [5.74, 6) is 0.0501. The quantitative estimate of drug-likeness (QED) is 0.275. The van der Waals surface area contributed by atoms with E-state index >= 15 is 0 Å². The number of benzene rings is 2. The second-order valence-electron chi connectivity index (χ2n) is 5.79. The predicted octanol–water partition coefficient (Wildman–Crippen LogP) is 3.21. The van der Waals surface area contributed by atoms with E-state index in [9.17, 15) is 9.59 Å². The average molecular weight is 394 g/mol. The van der Waals surface area contributed by atoms with E-state index in [0.29, 0.717) is 23.7 Å². The van der Waals surface area contributed by atoms with E-state index in [1.165, 1.54) is 4.90 Å². The Bertz CT molecular complexity index is 923. The molecule has 1 aliphatic heterocycles. The molecule has 142 valence electrons. The molecular weight excluding hydrogens is 376 g/mol. The number of aliphatic imine (C=N–C) groups is 1. The molecule has 2 aromatic carbocycles. The van der Waals surface area contributed by atoms with Gasteiger partial charge in [0, 0.05) is 6.42 Å². The van der Waals surface area contributed by atoms with Gasteiger partial charge in [0.15, 0.2) is 11.4 Å². The van der Waals surface area contributed by atoms with E-state index in [1.54, 1.807) is 36.4 Å². The summed E-state index contributed by atoms with van der Waals surface area (Å²) < 4.78 is 5.39. The Morgan fingerprint density at radius 3 is 2.61 bits per heavy atom. The number of carbonyl (C=O) groups is 2. The van der Waals surface area contributed by atoms with Crippen molar-refractivity contribution in [2.24, 2.45) is 4.99 Å². The van der Waals surface area contributed by atoms with Crippen LogP contribution in [-0.2, 0) is 9.59 Å². The first kappa shape index (κ1) is 19.5. The van der Waals surface area contributed by atoms with Gasteiger partial charge in [0.2, 0.25) is 11.8 Å². The van der Waals surface area contributed by atoms with Gasteiger partial charge in [0.1, 0.15) is 11.0 Å². The summed E-state index contributed by atoms with van der Waals surface area (Å²) in [5, 5.41) is 11.1. The van der Waals surface area contributed by atoms with Gasteiger partial charge in [0.05, 0.1) is 18.0 Å². The molecule has 0 bridgehead atoms. The van der Waals surface area contributed by atoms with Gasteiger partial charge in [-0.1, -0.05) is 30.0 Å². The van der Waals surface area contributed by atoms with Crippen LogP contribution in [0.2, 0.25) is 0 Å². The molecule has 0 aromatic heterocycles. The van der Waals surface area contributed by atoms with Gasteiger partial charge < -0.3 is 4.74 Å². The molecule has 3 rings (SSSR count). The van der Waals surface area contributed by atoms with Gasteiger partial charge in [-0.15, -0.1) is 0 Å². The lowest BCUT2D eigenvalue weighted by atomic mass is 10.3. The fraction of sp³-hybridized carbons (Fsp3) is 0.200. The lowest BCUT2D eigenvalue weighted by Crippen LogP contribution is -2.32. The fourth-order valence-corrected chi connectivity index (χ4v) is 3.68. The molecule has 8 heteroatoms. The van der Waals surface area contributed by atoms with Gasteiger partial charge in [-0.25, -0.2) is 9.89 Å². The van der Waals surface area contributed by atoms with Crippen LogP contribution in [0.4, 0.5) is 11.4 Å². The molecule has 28 heavy (non-hydrogen) atoms. The van der Waals surface area contributed by atoms with Crippen molar-refractivity contribution in [2.75, 3.05) is 11.5 Å². The second-order valence-corrected chi connectivity index (χ2v) is 6.99. The highest BCUT2D eigenvalue weighted by Gasteiger charge is 2.40. The highest BCUT2D eigenvalue weighted by molar-refractivity contribution is 8.15. The highest BCUT2D eigenvalue weighted by Crippen LogP contribution is 2.31. The zero-order chi connectivity index (χ0) is 19.9. The Balaban J connectivity index is 1.76. The number of nitriles is 1. The number of hydrogen-bond acceptors (Lipinski definition) is 6. The Morgan fingerprint density at radius 2 is 1.96 bits per heavy atom. The van der Waals surface area contributed by atoms with Crippen LogP contribution in [0.1, 0.15) is 13.3 Å². The molecule has 2 aromatic rings. The molecule has 2 amide bonds. The molecule has 1 saturated heterocycles. The first-order chi connectivity index (χ1) is 13.6. The number of nitrogens with zero attached hydrogens (tertiary/aromatic N) is 3. The third kappa shape index (κ3) is 4.50. The summed E-state index contributed by atoms with van der Waals surface area (Å²) >= 11 is 1.07. The van der Waals surface area contributed by atoms with Crippen molar-refractivity contribution in [3.63, 3.8) is 0 Å². The van der Waals surface area contributed by atoms with Crippen LogP contribution in [0.5, 0.6) is 5.75 Å². The Morgan fingerprint density at radius 1 is 1.25 bits per heavy atom. The third-order valence-electron chi connectivity index (χ3n) is 3.91. The number of amidine groups is 1. The van der Waals surface area contributed by atoms with E-state index in [2.05, 4.69) is 10.3 Å². The summed E-state index contributed by atoms with van der Waals surface area (Å²) in [5.41, 5.74) is 1.14. The number of thioether (sulfide) groups is 1. The van der Waals surface area contributed by atoms with E-state index in [4.69, 9.17) is 10.00 Å². The molecular formula is C20H18N4O3S. The van der Waals surface area contributed by atoms with Crippen LogP contribution in [0.15, 0.2) is 59.6 Å². The first-order valence-corrected chi connectivity index (χ1v) is 9.55. The number of nitrogens with one attached hydrogen (secondary N) is 1. The van der Waals surface area contributed by atoms with Crippen LogP contribution in [0, 0.1) is 11.5 Å². The molecule has 1 N–H and O–H groups in total. The summed E-state index contributed by atoms with van der Waals surface area (Å²) in [6.45, 7) is 2.42. The van der Waals surface area contributed by atoms with Crippen LogP contribution >= 0.6 is 11.8 Å². The monoisotopic (exact) mass is 394 g/mol. The normalized spacial score (nSPS) is 16.8. The topological polar surface area (TPSA) is 94.8 Å². The van der Waals surface area contributed by atoms with E-state index < -0.39 is 5.25 Å². The van der Waals surface area contributed by atoms with Crippen molar-refractivity contribution in [3.05, 3.63) is 54.6 Å². The molecule has 1 fully saturated rings. The third-order valence-corrected chi connectivity index (χ3v) is 4.98. The molecule has 0 spiro atoms. The first-order valence-electron chi connectivity index (χ1n) is 8.67. The van der Waals surface area contributed by atoms with Crippen molar-refractivity contribution in [1.82, 2.24) is 5.32 Å². The number of carbonyl (C=O) groups excluding carboxylic acids is 2. The summed E-state index contributed by atoms with van der Waals surface area (Å²) in [6, 6.07) is 15.9. The summed E-state index contributed by atoms with van der Waals surface area (Å²) in [7, 11) is 0. The molecule has 0 saturated carbocycles. The van der Waals surface area contributed by atoms with Crippen LogP contribution < -0.4 is 15.0 Å². The molecule has 1 heterocycles. The van der Waals surface area contributed by atoms with Crippen molar-refractivity contribution in [3.8, 4) is 11.9 Å². The average Bonchev–Trinajstić information content (AvgIpc) is 2.97. The van der Waals surface area contributed by atoms with Crippen LogP contribution in [0.25, 0.3) is 0 Å². The fourth-order valence-electron chi connectivity index (χ4n) is 2.71. The molecule has 0 aliphatic carbocycles. The van der Waals surface area contributed by atoms with Crippen LogP contribution in [0.3, 0.4) is 0 Å². The van der Waals surface area contributed by atoms with Gasteiger partial charge in [-0.05, 0) is 43.3 Å². The maximum atomic E-state index is 12.8. The van der Waals surface area contributed by atoms with Crippen molar-refractivity contribution >= 4 is 40.1 Å². The molecule has 7 nitrogen and oxygen atoms in total. The van der Waals surface area contributed by atoms with E-state index in [-0.39, 0.29) is 23.4 Å². The SMILES string of the molecule is CCOc1ccc(N2C(=O)C[C@H](SC(=Nc3ccccc3)NC#N)C2=O)cc1. The van der Waals surface area contributed by atoms with Gasteiger partial charge in [-0.3, -0.25) is 14.9 Å². The van der Waals surface area contributed by atoms with Crippen molar-refractivity contribution in [1.29, 1.82) is 5.26 Å². The highest BCUT2D eigenvalue weighted by atomic mass is 32.2. The van der Waals surface area contributed by atoms with E-state index in [0.717, 1.165) is 11.8 Å². The summed E-state index contributed by atoms with van der Waals surface area (Å²) in [6.07, 6.45) is 1.86. The van der Waals surface area contributed by atoms with E-state index in [1.807, 2.05) is 31.3 Å². The second kappa shape index (κ2) is 9.06. The number of ether oxygens (including phenoxy) is 1. The van der Waals surface area contributed by atoms with Gasteiger partial charge in [-0.2, -0.15) is 5.26 Å². The Kier molecular flexibility index (Phi) is 6.29. The van der Waals surface area contributed by atoms with Gasteiger partial charge >= 0.3 is 0 Å². The minimum atomic E-state index is -0.651. The number of rotatable bonds is 5. The Labute approximate surface area is 167 Å². The smallest absolute Gasteiger partial charge is 0.247 e. The lowest BCUT2D eigenvalue weighted by molar-refractivity contribution is -0.121. The Hall–Kier alpha value is -3.31. The standard InChI is InChI=1S/C20H18N4O3S/c1-2-27-16-10-8-15(9-11-16)24-18(25)12-17(19(24)26)28-20(22-13-21)23-14-6-4-3-5-7-14/h3-11,17H,2,12H2,1H3,(H,22,23)/t17-/m0/s1. The van der Waals surface area contributed by atoms with Gasteiger partial charge in [0.25, 0.3) is 0 Å². The zero-order valence-corrected chi connectivity index (χ0v) is 16.0. The minimum absolute atomic E-state index is 0.0393. The number of anilines is 1. The molecule has 0 radical (unpaired) electrons. The molecule has 1 aliphatic rings.